The number of amides is 2. The standard InChI is InChI=1S/C22H22FN3O2/c1-13-6-9-18-16(11-13)20(26-10-4-5-19(26)27)21(25(18)3)22(28)24-17-8-7-15(23)12-14(17)2/h6-9,11-12H,4-5,10H2,1-3H3,(H,24,28). The first-order valence-electron chi connectivity index (χ1n) is 9.33. The highest BCUT2D eigenvalue weighted by Crippen LogP contribution is 2.37. The van der Waals surface area contributed by atoms with Crippen molar-refractivity contribution in [2.75, 3.05) is 16.8 Å². The van der Waals surface area contributed by atoms with Crippen molar-refractivity contribution < 1.29 is 14.0 Å². The number of aryl methyl sites for hydroxylation is 3. The second-order valence-electron chi connectivity index (χ2n) is 7.34. The summed E-state index contributed by atoms with van der Waals surface area (Å²) in [5, 5.41) is 3.77. The van der Waals surface area contributed by atoms with Crippen LogP contribution >= 0.6 is 0 Å². The maximum absolute atomic E-state index is 13.4. The van der Waals surface area contributed by atoms with Crippen LogP contribution in [-0.4, -0.2) is 22.9 Å². The van der Waals surface area contributed by atoms with Crippen LogP contribution in [0.2, 0.25) is 0 Å². The number of aromatic nitrogens is 1. The van der Waals surface area contributed by atoms with Gasteiger partial charge in [0.1, 0.15) is 11.5 Å². The van der Waals surface area contributed by atoms with Gasteiger partial charge in [0.2, 0.25) is 5.91 Å². The van der Waals surface area contributed by atoms with Gasteiger partial charge < -0.3 is 14.8 Å². The van der Waals surface area contributed by atoms with Gasteiger partial charge in [-0.2, -0.15) is 0 Å². The van der Waals surface area contributed by atoms with Crippen LogP contribution in [0.1, 0.15) is 34.5 Å². The highest BCUT2D eigenvalue weighted by Gasteiger charge is 2.31. The smallest absolute Gasteiger partial charge is 0.274 e. The number of nitrogens with zero attached hydrogens (tertiary/aromatic N) is 2. The monoisotopic (exact) mass is 379 g/mol. The van der Waals surface area contributed by atoms with Crippen molar-refractivity contribution in [1.82, 2.24) is 4.57 Å². The number of carbonyl (C=O) groups excluding carboxylic acids is 2. The summed E-state index contributed by atoms with van der Waals surface area (Å²) in [6.45, 7) is 4.33. The molecule has 0 radical (unpaired) electrons. The number of fused-ring (bicyclic) bond motifs is 1. The molecule has 2 heterocycles. The molecule has 2 aromatic carbocycles. The summed E-state index contributed by atoms with van der Waals surface area (Å²) >= 11 is 0. The van der Waals surface area contributed by atoms with Gasteiger partial charge in [-0.3, -0.25) is 9.59 Å². The average Bonchev–Trinajstić information content (AvgIpc) is 3.18. The van der Waals surface area contributed by atoms with Crippen molar-refractivity contribution in [3.8, 4) is 0 Å². The van der Waals surface area contributed by atoms with Crippen molar-refractivity contribution >= 4 is 34.1 Å². The predicted molar refractivity (Wildman–Crippen MR) is 108 cm³/mol. The molecule has 1 N–H and O–H groups in total. The summed E-state index contributed by atoms with van der Waals surface area (Å²) in [5.74, 6) is -0.638. The van der Waals surface area contributed by atoms with E-state index in [-0.39, 0.29) is 17.6 Å². The minimum atomic E-state index is -0.348. The van der Waals surface area contributed by atoms with Crippen molar-refractivity contribution in [3.05, 3.63) is 59.0 Å². The Morgan fingerprint density at radius 1 is 1.14 bits per heavy atom. The van der Waals surface area contributed by atoms with Gasteiger partial charge >= 0.3 is 0 Å². The van der Waals surface area contributed by atoms with Crippen LogP contribution in [-0.2, 0) is 11.8 Å². The molecule has 28 heavy (non-hydrogen) atoms. The van der Waals surface area contributed by atoms with Gasteiger partial charge in [-0.15, -0.1) is 0 Å². The number of hydrogen-bond donors (Lipinski definition) is 1. The van der Waals surface area contributed by atoms with E-state index in [0.29, 0.717) is 35.6 Å². The van der Waals surface area contributed by atoms with Crippen LogP contribution in [0.4, 0.5) is 15.8 Å². The second-order valence-corrected chi connectivity index (χ2v) is 7.34. The Labute approximate surface area is 162 Å². The minimum Gasteiger partial charge on any atom is -0.338 e. The Hall–Kier alpha value is -3.15. The van der Waals surface area contributed by atoms with Crippen LogP contribution in [0, 0.1) is 19.7 Å². The quantitative estimate of drug-likeness (QED) is 0.737. The lowest BCUT2D eigenvalue weighted by atomic mass is 10.1. The maximum atomic E-state index is 13.4. The number of carbonyl (C=O) groups is 2. The van der Waals surface area contributed by atoms with Gasteiger partial charge in [-0.05, 0) is 56.2 Å². The van der Waals surface area contributed by atoms with Gasteiger partial charge in [-0.25, -0.2) is 4.39 Å². The van der Waals surface area contributed by atoms with E-state index < -0.39 is 0 Å². The lowest BCUT2D eigenvalue weighted by molar-refractivity contribution is -0.117. The zero-order valence-corrected chi connectivity index (χ0v) is 16.2. The first-order valence-corrected chi connectivity index (χ1v) is 9.33. The van der Waals surface area contributed by atoms with E-state index in [4.69, 9.17) is 0 Å². The number of anilines is 2. The molecule has 144 valence electrons. The fourth-order valence-electron chi connectivity index (χ4n) is 3.91. The van der Waals surface area contributed by atoms with Gasteiger partial charge in [0, 0.05) is 31.1 Å². The van der Waals surface area contributed by atoms with E-state index in [1.807, 2.05) is 36.7 Å². The van der Waals surface area contributed by atoms with E-state index in [1.54, 1.807) is 17.9 Å². The Kier molecular flexibility index (Phi) is 4.41. The van der Waals surface area contributed by atoms with Crippen molar-refractivity contribution in [2.24, 2.45) is 7.05 Å². The van der Waals surface area contributed by atoms with Crippen molar-refractivity contribution in [3.63, 3.8) is 0 Å². The van der Waals surface area contributed by atoms with E-state index in [2.05, 4.69) is 5.32 Å². The number of nitrogens with one attached hydrogen (secondary N) is 1. The summed E-state index contributed by atoms with van der Waals surface area (Å²) in [6.07, 6.45) is 1.26. The molecule has 0 atom stereocenters. The third-order valence-corrected chi connectivity index (χ3v) is 5.32. The third-order valence-electron chi connectivity index (χ3n) is 5.32. The molecular weight excluding hydrogens is 357 g/mol. The lowest BCUT2D eigenvalue weighted by Gasteiger charge is -2.18. The molecule has 6 heteroatoms. The van der Waals surface area contributed by atoms with Gasteiger partial charge in [0.15, 0.2) is 0 Å². The summed E-state index contributed by atoms with van der Waals surface area (Å²) < 4.78 is 15.2. The molecule has 1 aromatic heterocycles. The van der Waals surface area contributed by atoms with Crippen LogP contribution in [0.15, 0.2) is 36.4 Å². The molecule has 0 aliphatic carbocycles. The number of hydrogen-bond acceptors (Lipinski definition) is 2. The fourth-order valence-corrected chi connectivity index (χ4v) is 3.91. The molecular formula is C22H22FN3O2. The van der Waals surface area contributed by atoms with Gasteiger partial charge in [0.05, 0.1) is 11.2 Å². The van der Waals surface area contributed by atoms with Crippen molar-refractivity contribution in [2.45, 2.75) is 26.7 Å². The van der Waals surface area contributed by atoms with E-state index in [0.717, 1.165) is 22.9 Å². The molecule has 0 bridgehead atoms. The topological polar surface area (TPSA) is 54.3 Å². The van der Waals surface area contributed by atoms with Gasteiger partial charge in [-0.1, -0.05) is 11.6 Å². The zero-order valence-electron chi connectivity index (χ0n) is 16.2. The SMILES string of the molecule is Cc1ccc2c(c1)c(N1CCCC1=O)c(C(=O)Nc1ccc(F)cc1C)n2C. The summed E-state index contributed by atoms with van der Waals surface area (Å²) in [5.41, 5.74) is 4.22. The highest BCUT2D eigenvalue weighted by molar-refractivity contribution is 6.17. The molecule has 1 saturated heterocycles. The molecule has 1 aliphatic rings. The van der Waals surface area contributed by atoms with E-state index >= 15 is 0 Å². The lowest BCUT2D eigenvalue weighted by Crippen LogP contribution is -2.27. The van der Waals surface area contributed by atoms with Crippen LogP contribution in [0.25, 0.3) is 10.9 Å². The maximum Gasteiger partial charge on any atom is 0.274 e. The zero-order chi connectivity index (χ0) is 20.0. The largest absolute Gasteiger partial charge is 0.338 e. The molecule has 0 unspecified atom stereocenters. The fraction of sp³-hybridized carbons (Fsp3) is 0.273. The molecule has 1 aliphatic heterocycles. The molecule has 0 spiro atoms. The van der Waals surface area contributed by atoms with Crippen LogP contribution in [0.3, 0.4) is 0 Å². The third kappa shape index (κ3) is 2.95. The van der Waals surface area contributed by atoms with E-state index in [1.165, 1.54) is 12.1 Å². The molecule has 0 saturated carbocycles. The second kappa shape index (κ2) is 6.78. The number of benzene rings is 2. The first-order chi connectivity index (χ1) is 13.4. The van der Waals surface area contributed by atoms with Crippen LogP contribution in [0.5, 0.6) is 0 Å². The normalized spacial score (nSPS) is 14.1. The molecule has 3 aromatic rings. The van der Waals surface area contributed by atoms with Crippen LogP contribution < -0.4 is 10.2 Å². The summed E-state index contributed by atoms with van der Waals surface area (Å²) in [6, 6.07) is 10.2. The summed E-state index contributed by atoms with van der Waals surface area (Å²) in [7, 11) is 1.83. The number of halogens is 1. The Balaban J connectivity index is 1.86. The number of rotatable bonds is 3. The Morgan fingerprint density at radius 3 is 2.61 bits per heavy atom. The molecule has 5 nitrogen and oxygen atoms in total. The Bertz CT molecular complexity index is 1120. The Morgan fingerprint density at radius 2 is 1.93 bits per heavy atom. The highest BCUT2D eigenvalue weighted by atomic mass is 19.1. The molecule has 2 amide bonds. The molecule has 4 rings (SSSR count). The van der Waals surface area contributed by atoms with Crippen molar-refractivity contribution in [1.29, 1.82) is 0 Å². The first kappa shape index (κ1) is 18.2. The summed E-state index contributed by atoms with van der Waals surface area (Å²) in [4.78, 5) is 27.4. The average molecular weight is 379 g/mol. The van der Waals surface area contributed by atoms with Gasteiger partial charge in [0.25, 0.3) is 5.91 Å². The van der Waals surface area contributed by atoms with E-state index in [9.17, 15) is 14.0 Å². The predicted octanol–water partition coefficient (Wildman–Crippen LogP) is 4.31. The minimum absolute atomic E-state index is 0.0287. The molecule has 1 fully saturated rings.